The number of aryl methyl sites for hydroxylation is 2. The Hall–Kier alpha value is -1.69. The summed E-state index contributed by atoms with van der Waals surface area (Å²) in [7, 11) is 0. The topological polar surface area (TPSA) is 49.8 Å². The molecule has 0 saturated carbocycles. The summed E-state index contributed by atoms with van der Waals surface area (Å²) in [4.78, 5) is 8.66. The average molecular weight is 339 g/mol. The van der Waals surface area contributed by atoms with Crippen LogP contribution in [0.1, 0.15) is 18.2 Å². The van der Waals surface area contributed by atoms with E-state index in [1.807, 2.05) is 26.8 Å². The first kappa shape index (κ1) is 14.7. The fourth-order valence-corrected chi connectivity index (χ4v) is 2.13. The van der Waals surface area contributed by atoms with Gasteiger partial charge in [0, 0.05) is 24.0 Å². The number of anilines is 3. The molecule has 0 aliphatic rings. The molecule has 0 bridgehead atoms. The van der Waals surface area contributed by atoms with E-state index in [1.165, 1.54) is 6.07 Å². The summed E-state index contributed by atoms with van der Waals surface area (Å²) in [5.74, 6) is 0.976. The van der Waals surface area contributed by atoms with Crippen LogP contribution in [0.15, 0.2) is 22.7 Å². The summed E-state index contributed by atoms with van der Waals surface area (Å²) >= 11 is 3.19. The van der Waals surface area contributed by atoms with Crippen LogP contribution in [0.25, 0.3) is 0 Å². The van der Waals surface area contributed by atoms with Crippen molar-refractivity contribution in [2.24, 2.45) is 0 Å². The van der Waals surface area contributed by atoms with E-state index in [9.17, 15) is 4.39 Å². The van der Waals surface area contributed by atoms with Gasteiger partial charge in [0.1, 0.15) is 11.6 Å². The number of hydrogen-bond acceptors (Lipinski definition) is 4. The molecule has 1 heterocycles. The van der Waals surface area contributed by atoms with E-state index in [4.69, 9.17) is 0 Å². The van der Waals surface area contributed by atoms with E-state index in [2.05, 4.69) is 36.5 Å². The molecule has 106 valence electrons. The van der Waals surface area contributed by atoms with Crippen molar-refractivity contribution in [1.29, 1.82) is 0 Å². The maximum atomic E-state index is 13.4. The Kier molecular flexibility index (Phi) is 4.54. The lowest BCUT2D eigenvalue weighted by atomic mass is 10.2. The Morgan fingerprint density at radius 3 is 2.65 bits per heavy atom. The molecule has 0 fully saturated rings. The summed E-state index contributed by atoms with van der Waals surface area (Å²) in [6.07, 6.45) is 0. The number of benzene rings is 1. The highest BCUT2D eigenvalue weighted by Gasteiger charge is 2.07. The van der Waals surface area contributed by atoms with Crippen molar-refractivity contribution in [2.45, 2.75) is 20.8 Å². The van der Waals surface area contributed by atoms with Crippen LogP contribution in [0, 0.1) is 19.7 Å². The molecule has 0 spiro atoms. The van der Waals surface area contributed by atoms with E-state index >= 15 is 0 Å². The van der Waals surface area contributed by atoms with Gasteiger partial charge in [0.15, 0.2) is 0 Å². The zero-order valence-corrected chi connectivity index (χ0v) is 13.2. The maximum Gasteiger partial charge on any atom is 0.224 e. The SMILES string of the molecule is CCNc1nc(C)cc(Nc2cc(Br)c(F)cc2C)n1. The molecule has 0 atom stereocenters. The maximum absolute atomic E-state index is 13.4. The van der Waals surface area contributed by atoms with Crippen molar-refractivity contribution >= 4 is 33.4 Å². The molecule has 1 aromatic carbocycles. The normalized spacial score (nSPS) is 10.4. The van der Waals surface area contributed by atoms with Crippen molar-refractivity contribution in [3.63, 3.8) is 0 Å². The minimum atomic E-state index is -0.278. The van der Waals surface area contributed by atoms with Crippen LogP contribution in [0.5, 0.6) is 0 Å². The van der Waals surface area contributed by atoms with E-state index in [0.29, 0.717) is 16.2 Å². The lowest BCUT2D eigenvalue weighted by molar-refractivity contribution is 0.620. The fraction of sp³-hybridized carbons (Fsp3) is 0.286. The van der Waals surface area contributed by atoms with Crippen LogP contribution >= 0.6 is 15.9 Å². The Balaban J connectivity index is 2.32. The quantitative estimate of drug-likeness (QED) is 0.878. The molecule has 0 aliphatic heterocycles. The van der Waals surface area contributed by atoms with Crippen LogP contribution < -0.4 is 10.6 Å². The standard InChI is InChI=1S/C14H16BrFN4/c1-4-17-14-18-9(3)6-13(20-14)19-12-7-10(15)11(16)5-8(12)2/h5-7H,4H2,1-3H3,(H2,17,18,19,20). The smallest absolute Gasteiger partial charge is 0.224 e. The third-order valence-corrected chi connectivity index (χ3v) is 3.33. The molecule has 20 heavy (non-hydrogen) atoms. The molecular weight excluding hydrogens is 323 g/mol. The first-order valence-electron chi connectivity index (χ1n) is 6.32. The molecule has 0 radical (unpaired) electrons. The fourth-order valence-electron chi connectivity index (χ4n) is 1.79. The van der Waals surface area contributed by atoms with Gasteiger partial charge in [-0.1, -0.05) is 0 Å². The predicted octanol–water partition coefficient (Wildman–Crippen LogP) is 4.17. The lowest BCUT2D eigenvalue weighted by Gasteiger charge is -2.12. The van der Waals surface area contributed by atoms with Gasteiger partial charge in [-0.2, -0.15) is 4.98 Å². The monoisotopic (exact) mass is 338 g/mol. The highest BCUT2D eigenvalue weighted by Crippen LogP contribution is 2.26. The Morgan fingerprint density at radius 2 is 1.95 bits per heavy atom. The summed E-state index contributed by atoms with van der Waals surface area (Å²) in [5.41, 5.74) is 2.48. The Morgan fingerprint density at radius 1 is 1.20 bits per heavy atom. The van der Waals surface area contributed by atoms with Crippen molar-refractivity contribution in [3.05, 3.63) is 39.7 Å². The third-order valence-electron chi connectivity index (χ3n) is 2.72. The number of nitrogens with one attached hydrogen (secondary N) is 2. The second-order valence-electron chi connectivity index (χ2n) is 4.45. The van der Waals surface area contributed by atoms with Gasteiger partial charge in [-0.3, -0.25) is 0 Å². The molecule has 0 aliphatic carbocycles. The van der Waals surface area contributed by atoms with Gasteiger partial charge < -0.3 is 10.6 Å². The van der Waals surface area contributed by atoms with Gasteiger partial charge in [0.2, 0.25) is 5.95 Å². The minimum Gasteiger partial charge on any atom is -0.354 e. The number of hydrogen-bond donors (Lipinski definition) is 2. The van der Waals surface area contributed by atoms with Crippen LogP contribution in [0.2, 0.25) is 0 Å². The molecule has 1 aromatic heterocycles. The molecule has 2 N–H and O–H groups in total. The highest BCUT2D eigenvalue weighted by molar-refractivity contribution is 9.10. The molecule has 0 saturated heterocycles. The van der Waals surface area contributed by atoms with Crippen LogP contribution in [-0.2, 0) is 0 Å². The van der Waals surface area contributed by atoms with Crippen molar-refractivity contribution in [1.82, 2.24) is 9.97 Å². The molecule has 2 rings (SSSR count). The van der Waals surface area contributed by atoms with Gasteiger partial charge in [0.05, 0.1) is 4.47 Å². The first-order chi connectivity index (χ1) is 9.49. The van der Waals surface area contributed by atoms with E-state index in [0.717, 1.165) is 23.5 Å². The van der Waals surface area contributed by atoms with Crippen molar-refractivity contribution < 1.29 is 4.39 Å². The van der Waals surface area contributed by atoms with Gasteiger partial charge in [-0.15, -0.1) is 0 Å². The molecule has 0 amide bonds. The summed E-state index contributed by atoms with van der Waals surface area (Å²) in [6.45, 7) is 6.49. The largest absolute Gasteiger partial charge is 0.354 e. The number of aromatic nitrogens is 2. The third kappa shape index (κ3) is 3.45. The van der Waals surface area contributed by atoms with Crippen LogP contribution in [-0.4, -0.2) is 16.5 Å². The van der Waals surface area contributed by atoms with Gasteiger partial charge >= 0.3 is 0 Å². The first-order valence-corrected chi connectivity index (χ1v) is 7.11. The summed E-state index contributed by atoms with van der Waals surface area (Å²) < 4.78 is 13.8. The lowest BCUT2D eigenvalue weighted by Crippen LogP contribution is -2.05. The summed E-state index contributed by atoms with van der Waals surface area (Å²) in [5, 5.41) is 6.27. The van der Waals surface area contributed by atoms with E-state index in [1.54, 1.807) is 6.07 Å². The number of rotatable bonds is 4. The Bertz CT molecular complexity index is 631. The molecule has 4 nitrogen and oxygen atoms in total. The zero-order valence-electron chi connectivity index (χ0n) is 11.6. The zero-order chi connectivity index (χ0) is 14.7. The van der Waals surface area contributed by atoms with Gasteiger partial charge in [0.25, 0.3) is 0 Å². The predicted molar refractivity (Wildman–Crippen MR) is 83.1 cm³/mol. The summed E-state index contributed by atoms with van der Waals surface area (Å²) in [6, 6.07) is 5.03. The van der Waals surface area contributed by atoms with Crippen LogP contribution in [0.4, 0.5) is 21.8 Å². The molecule has 6 heteroatoms. The average Bonchev–Trinajstić information content (AvgIpc) is 2.35. The van der Waals surface area contributed by atoms with Gasteiger partial charge in [-0.25, -0.2) is 9.37 Å². The second kappa shape index (κ2) is 6.17. The van der Waals surface area contributed by atoms with E-state index < -0.39 is 0 Å². The van der Waals surface area contributed by atoms with Gasteiger partial charge in [-0.05, 0) is 54.4 Å². The molecular formula is C14H16BrFN4. The Labute approximate surface area is 126 Å². The van der Waals surface area contributed by atoms with Crippen molar-refractivity contribution in [3.8, 4) is 0 Å². The number of halogens is 2. The van der Waals surface area contributed by atoms with Crippen molar-refractivity contribution in [2.75, 3.05) is 17.2 Å². The minimum absolute atomic E-state index is 0.278. The highest BCUT2D eigenvalue weighted by atomic mass is 79.9. The van der Waals surface area contributed by atoms with Crippen LogP contribution in [0.3, 0.4) is 0 Å². The molecule has 0 unspecified atom stereocenters. The molecule has 2 aromatic rings. The second-order valence-corrected chi connectivity index (χ2v) is 5.31. The van der Waals surface area contributed by atoms with E-state index in [-0.39, 0.29) is 5.82 Å². The number of nitrogens with zero attached hydrogens (tertiary/aromatic N) is 2.